The molecule has 0 spiro atoms. The molecule has 0 fully saturated rings. The highest BCUT2D eigenvalue weighted by Gasteiger charge is 2.06. The van der Waals surface area contributed by atoms with Crippen molar-refractivity contribution in [2.45, 2.75) is 6.42 Å². The molecule has 1 aromatic heterocycles. The maximum Gasteiger partial charge on any atom is 0.271 e. The number of phenolic OH excluding ortho intramolecular Hbond substituents is 1. The molecule has 5 heteroatoms. The van der Waals surface area contributed by atoms with Crippen LogP contribution in [0.15, 0.2) is 42.9 Å². The maximum atomic E-state index is 11.6. The minimum atomic E-state index is -0.265. The number of nitrogens with zero attached hydrogens (tertiary/aromatic N) is 2. The molecule has 2 N–H and O–H groups in total. The lowest BCUT2D eigenvalue weighted by Gasteiger charge is -2.05. The van der Waals surface area contributed by atoms with Crippen LogP contribution < -0.4 is 5.32 Å². The highest BCUT2D eigenvalue weighted by Crippen LogP contribution is 2.15. The van der Waals surface area contributed by atoms with Gasteiger partial charge in [0, 0.05) is 18.9 Å². The fourth-order valence-electron chi connectivity index (χ4n) is 1.54. The molecule has 0 saturated heterocycles. The van der Waals surface area contributed by atoms with Gasteiger partial charge in [-0.2, -0.15) is 0 Å². The molecule has 0 aliphatic heterocycles. The first kappa shape index (κ1) is 12.0. The number of nitrogens with one attached hydrogen (secondary N) is 1. The number of phenols is 1. The molecule has 92 valence electrons. The van der Waals surface area contributed by atoms with Crippen molar-refractivity contribution in [1.29, 1.82) is 0 Å². The van der Waals surface area contributed by atoms with Crippen LogP contribution in [-0.2, 0) is 6.42 Å². The van der Waals surface area contributed by atoms with Crippen molar-refractivity contribution in [3.63, 3.8) is 0 Å². The Morgan fingerprint density at radius 1 is 1.28 bits per heavy atom. The molecular formula is C13H13N3O2. The molecule has 2 aromatic rings. The van der Waals surface area contributed by atoms with Crippen molar-refractivity contribution < 1.29 is 9.90 Å². The summed E-state index contributed by atoms with van der Waals surface area (Å²) >= 11 is 0. The summed E-state index contributed by atoms with van der Waals surface area (Å²) in [5.41, 5.74) is 1.09. The molecule has 0 bridgehead atoms. The Hall–Kier alpha value is -2.43. The summed E-state index contributed by atoms with van der Waals surface area (Å²) in [6.45, 7) is 0.437. The second kappa shape index (κ2) is 5.77. The zero-order chi connectivity index (χ0) is 12.8. The first-order valence-electron chi connectivity index (χ1n) is 5.58. The predicted octanol–water partition coefficient (Wildman–Crippen LogP) is 1.15. The van der Waals surface area contributed by atoms with E-state index in [1.165, 1.54) is 18.6 Å². The number of rotatable bonds is 4. The topological polar surface area (TPSA) is 75.1 Å². The molecule has 18 heavy (non-hydrogen) atoms. The standard InChI is InChI=1S/C13H13N3O2/c17-12-4-2-1-3-10(12)5-6-16-13(18)11-9-14-7-8-15-11/h1-4,7-9,17H,5-6H2,(H,16,18). The summed E-state index contributed by atoms with van der Waals surface area (Å²) in [6, 6.07) is 7.06. The summed E-state index contributed by atoms with van der Waals surface area (Å²) in [6.07, 6.45) is 4.96. The Balaban J connectivity index is 1.86. The van der Waals surface area contributed by atoms with Gasteiger partial charge in [0.1, 0.15) is 11.4 Å². The van der Waals surface area contributed by atoms with Crippen LogP contribution in [0.5, 0.6) is 5.75 Å². The number of aromatic hydroxyl groups is 1. The van der Waals surface area contributed by atoms with Crippen molar-refractivity contribution in [1.82, 2.24) is 15.3 Å². The molecule has 5 nitrogen and oxygen atoms in total. The molecule has 0 atom stereocenters. The number of benzene rings is 1. The Morgan fingerprint density at radius 3 is 2.83 bits per heavy atom. The van der Waals surface area contributed by atoms with E-state index in [1.54, 1.807) is 12.1 Å². The van der Waals surface area contributed by atoms with Gasteiger partial charge >= 0.3 is 0 Å². The van der Waals surface area contributed by atoms with Crippen molar-refractivity contribution in [2.75, 3.05) is 6.54 Å². The van der Waals surface area contributed by atoms with E-state index >= 15 is 0 Å². The largest absolute Gasteiger partial charge is 0.508 e. The number of amides is 1. The fourth-order valence-corrected chi connectivity index (χ4v) is 1.54. The second-order valence-corrected chi connectivity index (χ2v) is 3.73. The first-order valence-corrected chi connectivity index (χ1v) is 5.58. The van der Waals surface area contributed by atoms with E-state index in [0.717, 1.165) is 5.56 Å². The van der Waals surface area contributed by atoms with E-state index in [0.29, 0.717) is 13.0 Å². The zero-order valence-corrected chi connectivity index (χ0v) is 9.71. The van der Waals surface area contributed by atoms with Gasteiger partial charge in [0.05, 0.1) is 6.20 Å². The average Bonchev–Trinajstić information content (AvgIpc) is 2.42. The van der Waals surface area contributed by atoms with Gasteiger partial charge in [-0.3, -0.25) is 9.78 Å². The fraction of sp³-hybridized carbons (Fsp3) is 0.154. The van der Waals surface area contributed by atoms with Crippen molar-refractivity contribution in [3.8, 4) is 5.75 Å². The average molecular weight is 243 g/mol. The Kier molecular flexibility index (Phi) is 3.86. The summed E-state index contributed by atoms with van der Waals surface area (Å²) in [4.78, 5) is 19.4. The summed E-state index contributed by atoms with van der Waals surface area (Å²) in [5.74, 6) is -0.0234. The number of carbonyl (C=O) groups excluding carboxylic acids is 1. The van der Waals surface area contributed by atoms with Gasteiger partial charge in [0.2, 0.25) is 0 Å². The molecule has 2 rings (SSSR count). The van der Waals surface area contributed by atoms with E-state index in [2.05, 4.69) is 15.3 Å². The van der Waals surface area contributed by atoms with Crippen molar-refractivity contribution >= 4 is 5.91 Å². The third-order valence-electron chi connectivity index (χ3n) is 2.47. The smallest absolute Gasteiger partial charge is 0.271 e. The molecular weight excluding hydrogens is 230 g/mol. The van der Waals surface area contributed by atoms with Gasteiger partial charge in [-0.25, -0.2) is 4.98 Å². The highest BCUT2D eigenvalue weighted by molar-refractivity contribution is 5.91. The third kappa shape index (κ3) is 3.04. The molecule has 1 aromatic carbocycles. The number of para-hydroxylation sites is 1. The summed E-state index contributed by atoms with van der Waals surface area (Å²) in [5, 5.41) is 12.3. The lowest BCUT2D eigenvalue weighted by molar-refractivity contribution is 0.0948. The first-order chi connectivity index (χ1) is 8.77. The van der Waals surface area contributed by atoms with Crippen LogP contribution in [0.1, 0.15) is 16.1 Å². The normalized spacial score (nSPS) is 10.0. The van der Waals surface area contributed by atoms with E-state index in [4.69, 9.17) is 0 Å². The van der Waals surface area contributed by atoms with Gasteiger partial charge in [-0.15, -0.1) is 0 Å². The molecule has 0 aliphatic rings. The van der Waals surface area contributed by atoms with E-state index in [1.807, 2.05) is 12.1 Å². The summed E-state index contributed by atoms with van der Waals surface area (Å²) in [7, 11) is 0. The minimum Gasteiger partial charge on any atom is -0.508 e. The van der Waals surface area contributed by atoms with Crippen LogP contribution in [0.2, 0.25) is 0 Å². The SMILES string of the molecule is O=C(NCCc1ccccc1O)c1cnccn1. The second-order valence-electron chi connectivity index (χ2n) is 3.73. The number of hydrogen-bond donors (Lipinski definition) is 2. The van der Waals surface area contributed by atoms with Crippen LogP contribution in [0.3, 0.4) is 0 Å². The molecule has 1 amide bonds. The number of carbonyl (C=O) groups is 1. The molecule has 0 unspecified atom stereocenters. The Morgan fingerprint density at radius 2 is 2.11 bits per heavy atom. The third-order valence-corrected chi connectivity index (χ3v) is 2.47. The Labute approximate surface area is 105 Å². The van der Waals surface area contributed by atoms with Gasteiger partial charge < -0.3 is 10.4 Å². The van der Waals surface area contributed by atoms with Crippen LogP contribution >= 0.6 is 0 Å². The molecule has 1 heterocycles. The lowest BCUT2D eigenvalue weighted by Crippen LogP contribution is -2.26. The van der Waals surface area contributed by atoms with Crippen LogP contribution in [0, 0.1) is 0 Å². The van der Waals surface area contributed by atoms with Crippen molar-refractivity contribution in [3.05, 3.63) is 54.1 Å². The highest BCUT2D eigenvalue weighted by atomic mass is 16.3. The van der Waals surface area contributed by atoms with Crippen LogP contribution in [0.25, 0.3) is 0 Å². The molecule has 0 saturated carbocycles. The molecule has 0 aliphatic carbocycles. The van der Waals surface area contributed by atoms with Crippen LogP contribution in [-0.4, -0.2) is 27.5 Å². The Bertz CT molecular complexity index is 529. The lowest BCUT2D eigenvalue weighted by atomic mass is 10.1. The monoisotopic (exact) mass is 243 g/mol. The number of aromatic nitrogens is 2. The van der Waals surface area contributed by atoms with Gasteiger partial charge in [-0.1, -0.05) is 18.2 Å². The van der Waals surface area contributed by atoms with Gasteiger partial charge in [0.15, 0.2) is 0 Å². The zero-order valence-electron chi connectivity index (χ0n) is 9.71. The van der Waals surface area contributed by atoms with Crippen LogP contribution in [0.4, 0.5) is 0 Å². The number of hydrogen-bond acceptors (Lipinski definition) is 4. The molecule has 0 radical (unpaired) electrons. The quantitative estimate of drug-likeness (QED) is 0.844. The minimum absolute atomic E-state index is 0.242. The maximum absolute atomic E-state index is 11.6. The van der Waals surface area contributed by atoms with E-state index in [9.17, 15) is 9.90 Å². The van der Waals surface area contributed by atoms with Crippen molar-refractivity contribution in [2.24, 2.45) is 0 Å². The van der Waals surface area contributed by atoms with Gasteiger partial charge in [0.25, 0.3) is 5.91 Å². The summed E-state index contributed by atoms with van der Waals surface area (Å²) < 4.78 is 0. The van der Waals surface area contributed by atoms with E-state index in [-0.39, 0.29) is 17.4 Å². The van der Waals surface area contributed by atoms with Gasteiger partial charge in [-0.05, 0) is 18.1 Å². The predicted molar refractivity (Wildman–Crippen MR) is 66.2 cm³/mol. The van der Waals surface area contributed by atoms with E-state index < -0.39 is 0 Å².